The van der Waals surface area contributed by atoms with Crippen molar-refractivity contribution < 1.29 is 22.7 Å². The Morgan fingerprint density at radius 1 is 1.12 bits per heavy atom. The quantitative estimate of drug-likeness (QED) is 0.548. The molecule has 0 amide bonds. The molecule has 2 rings (SSSR count). The van der Waals surface area contributed by atoms with Gasteiger partial charge in [-0.3, -0.25) is 9.59 Å². The van der Waals surface area contributed by atoms with Gasteiger partial charge in [0.2, 0.25) is 15.8 Å². The van der Waals surface area contributed by atoms with Crippen LogP contribution >= 0.6 is 0 Å². The van der Waals surface area contributed by atoms with Gasteiger partial charge in [-0.05, 0) is 30.2 Å². The Labute approximate surface area is 146 Å². The molecule has 0 aliphatic carbocycles. The lowest BCUT2D eigenvalue weighted by atomic mass is 10.1. The molecule has 0 saturated heterocycles. The van der Waals surface area contributed by atoms with E-state index in [0.29, 0.717) is 5.69 Å². The molecule has 2 N–H and O–H groups in total. The van der Waals surface area contributed by atoms with Crippen LogP contribution in [-0.4, -0.2) is 37.8 Å². The number of H-pyrrole nitrogens is 1. The number of carbonyl (C=O) groups excluding carboxylic acids is 2. The molecule has 0 radical (unpaired) electrons. The zero-order valence-electron chi connectivity index (χ0n) is 13.9. The molecule has 1 heterocycles. The van der Waals surface area contributed by atoms with Crippen molar-refractivity contribution >= 4 is 21.8 Å². The van der Waals surface area contributed by atoms with Crippen LogP contribution in [0.15, 0.2) is 53.6 Å². The van der Waals surface area contributed by atoms with E-state index in [1.54, 1.807) is 50.4 Å². The van der Waals surface area contributed by atoms with Crippen molar-refractivity contribution in [3.05, 3.63) is 54.4 Å². The van der Waals surface area contributed by atoms with Crippen LogP contribution in [0, 0.1) is 5.92 Å². The maximum atomic E-state index is 12.4. The molecule has 0 aliphatic rings. The van der Waals surface area contributed by atoms with Crippen molar-refractivity contribution in [2.75, 3.05) is 6.61 Å². The SMILES string of the molecule is CC(C)C(NS(=O)(=O)c1ccccc1)C(=O)OCC(=O)c1ccc[nH]1. The van der Waals surface area contributed by atoms with E-state index in [1.807, 2.05) is 0 Å². The number of hydrogen-bond donors (Lipinski definition) is 2. The first kappa shape index (κ1) is 18.9. The number of rotatable bonds is 8. The van der Waals surface area contributed by atoms with Crippen LogP contribution in [0.5, 0.6) is 0 Å². The number of benzene rings is 1. The highest BCUT2D eigenvalue weighted by molar-refractivity contribution is 7.89. The van der Waals surface area contributed by atoms with E-state index in [-0.39, 0.29) is 10.8 Å². The highest BCUT2D eigenvalue weighted by Crippen LogP contribution is 2.12. The predicted molar refractivity (Wildman–Crippen MR) is 91.5 cm³/mol. The van der Waals surface area contributed by atoms with Gasteiger partial charge in [0.05, 0.1) is 10.6 Å². The Balaban J connectivity index is 2.04. The highest BCUT2D eigenvalue weighted by Gasteiger charge is 2.30. The zero-order chi connectivity index (χ0) is 18.4. The number of hydrogen-bond acceptors (Lipinski definition) is 5. The minimum Gasteiger partial charge on any atom is -0.456 e. The van der Waals surface area contributed by atoms with Gasteiger partial charge in [0, 0.05) is 6.20 Å². The van der Waals surface area contributed by atoms with Crippen LogP contribution in [0.3, 0.4) is 0 Å². The minimum absolute atomic E-state index is 0.0518. The monoisotopic (exact) mass is 364 g/mol. The number of ketones is 1. The molecule has 1 aromatic carbocycles. The molecule has 2 aromatic rings. The van der Waals surface area contributed by atoms with E-state index in [2.05, 4.69) is 9.71 Å². The second-order valence-corrected chi connectivity index (χ2v) is 7.48. The van der Waals surface area contributed by atoms with Gasteiger partial charge in [-0.15, -0.1) is 0 Å². The summed E-state index contributed by atoms with van der Waals surface area (Å²) in [6, 6.07) is 9.85. The third kappa shape index (κ3) is 5.01. The number of sulfonamides is 1. The summed E-state index contributed by atoms with van der Waals surface area (Å²) in [6.07, 6.45) is 1.58. The molecule has 7 nitrogen and oxygen atoms in total. The Morgan fingerprint density at radius 3 is 2.36 bits per heavy atom. The van der Waals surface area contributed by atoms with E-state index in [0.717, 1.165) is 0 Å². The first-order valence-corrected chi connectivity index (χ1v) is 9.20. The van der Waals surface area contributed by atoms with Crippen molar-refractivity contribution in [2.24, 2.45) is 5.92 Å². The summed E-state index contributed by atoms with van der Waals surface area (Å²) in [6.45, 7) is 2.91. The molecular formula is C17H20N2O5S. The van der Waals surface area contributed by atoms with Gasteiger partial charge in [-0.25, -0.2) is 8.42 Å². The Hall–Kier alpha value is -2.45. The van der Waals surface area contributed by atoms with Crippen LogP contribution in [0.1, 0.15) is 24.3 Å². The fourth-order valence-corrected chi connectivity index (χ4v) is 3.45. The van der Waals surface area contributed by atoms with Crippen molar-refractivity contribution in [3.8, 4) is 0 Å². The number of aromatic nitrogens is 1. The van der Waals surface area contributed by atoms with Crippen LogP contribution in [0.2, 0.25) is 0 Å². The summed E-state index contributed by atoms with van der Waals surface area (Å²) >= 11 is 0. The summed E-state index contributed by atoms with van der Waals surface area (Å²) in [5, 5.41) is 0. The van der Waals surface area contributed by atoms with Crippen LogP contribution < -0.4 is 4.72 Å². The topological polar surface area (TPSA) is 105 Å². The van der Waals surface area contributed by atoms with Gasteiger partial charge in [0.15, 0.2) is 6.61 Å². The average Bonchev–Trinajstić information content (AvgIpc) is 3.12. The molecule has 0 fully saturated rings. The normalized spacial score (nSPS) is 12.8. The molecule has 1 atom stereocenters. The molecule has 8 heteroatoms. The molecule has 0 spiro atoms. The summed E-state index contributed by atoms with van der Waals surface area (Å²) in [5.41, 5.74) is 0.318. The van der Waals surface area contributed by atoms with Crippen LogP contribution in [0.25, 0.3) is 0 Å². The lowest BCUT2D eigenvalue weighted by Crippen LogP contribution is -2.45. The van der Waals surface area contributed by atoms with Gasteiger partial charge in [0.1, 0.15) is 6.04 Å². The molecule has 1 unspecified atom stereocenters. The molecule has 25 heavy (non-hydrogen) atoms. The van der Waals surface area contributed by atoms with E-state index in [9.17, 15) is 18.0 Å². The highest BCUT2D eigenvalue weighted by atomic mass is 32.2. The standard InChI is InChI=1S/C17H20N2O5S/c1-12(2)16(19-25(22,23)13-7-4-3-5-8-13)17(21)24-11-15(20)14-9-6-10-18-14/h3-10,12,16,18-19H,11H2,1-2H3. The number of aromatic amines is 1. The van der Waals surface area contributed by atoms with Gasteiger partial charge in [-0.1, -0.05) is 32.0 Å². The summed E-state index contributed by atoms with van der Waals surface area (Å²) in [7, 11) is -3.87. The van der Waals surface area contributed by atoms with E-state index in [1.165, 1.54) is 12.1 Å². The van der Waals surface area contributed by atoms with Crippen molar-refractivity contribution in [3.63, 3.8) is 0 Å². The van der Waals surface area contributed by atoms with E-state index >= 15 is 0 Å². The lowest BCUT2D eigenvalue weighted by Gasteiger charge is -2.20. The number of Topliss-reactive ketones (excluding diaryl/α,β-unsaturated/α-hetero) is 1. The minimum atomic E-state index is -3.87. The largest absolute Gasteiger partial charge is 0.456 e. The molecule has 134 valence electrons. The maximum absolute atomic E-state index is 12.4. The number of nitrogens with one attached hydrogen (secondary N) is 2. The lowest BCUT2D eigenvalue weighted by molar-refractivity contribution is -0.145. The Bertz CT molecular complexity index is 814. The molecule has 1 aromatic heterocycles. The van der Waals surface area contributed by atoms with E-state index in [4.69, 9.17) is 4.74 Å². The van der Waals surface area contributed by atoms with Crippen LogP contribution in [0.4, 0.5) is 0 Å². The summed E-state index contributed by atoms with van der Waals surface area (Å²) < 4.78 is 32.1. The maximum Gasteiger partial charge on any atom is 0.324 e. The Morgan fingerprint density at radius 2 is 1.80 bits per heavy atom. The number of ether oxygens (including phenoxy) is 1. The zero-order valence-corrected chi connectivity index (χ0v) is 14.7. The number of carbonyl (C=O) groups is 2. The number of esters is 1. The Kier molecular flexibility index (Phi) is 6.11. The van der Waals surface area contributed by atoms with Gasteiger partial charge < -0.3 is 9.72 Å². The third-order valence-corrected chi connectivity index (χ3v) is 4.96. The molecule has 0 saturated carbocycles. The van der Waals surface area contributed by atoms with Crippen molar-refractivity contribution in [1.29, 1.82) is 0 Å². The smallest absolute Gasteiger partial charge is 0.324 e. The second-order valence-electron chi connectivity index (χ2n) is 5.77. The first-order chi connectivity index (χ1) is 11.8. The molecule has 0 bridgehead atoms. The average molecular weight is 364 g/mol. The third-order valence-electron chi connectivity index (χ3n) is 3.50. The van der Waals surface area contributed by atoms with E-state index < -0.39 is 34.4 Å². The van der Waals surface area contributed by atoms with Crippen molar-refractivity contribution in [2.45, 2.75) is 24.8 Å². The fourth-order valence-electron chi connectivity index (χ4n) is 2.10. The van der Waals surface area contributed by atoms with Gasteiger partial charge in [0.25, 0.3) is 0 Å². The van der Waals surface area contributed by atoms with Gasteiger partial charge in [-0.2, -0.15) is 4.72 Å². The van der Waals surface area contributed by atoms with Crippen molar-refractivity contribution in [1.82, 2.24) is 9.71 Å². The summed E-state index contributed by atoms with van der Waals surface area (Å²) in [4.78, 5) is 26.9. The predicted octanol–water partition coefficient (Wildman–Crippen LogP) is 1.74. The fraction of sp³-hybridized carbons (Fsp3) is 0.294. The molecule has 0 aliphatic heterocycles. The second kappa shape index (κ2) is 8.09. The van der Waals surface area contributed by atoms with Gasteiger partial charge >= 0.3 is 5.97 Å². The first-order valence-electron chi connectivity index (χ1n) is 7.72. The van der Waals surface area contributed by atoms with Crippen LogP contribution in [-0.2, 0) is 19.6 Å². The summed E-state index contributed by atoms with van der Waals surface area (Å²) in [5.74, 6) is -1.55. The molecular weight excluding hydrogens is 344 g/mol.